The molecule has 0 radical (unpaired) electrons. The van der Waals surface area contributed by atoms with Gasteiger partial charge < -0.3 is 5.32 Å². The summed E-state index contributed by atoms with van der Waals surface area (Å²) in [5.74, 6) is -0.210. The van der Waals surface area contributed by atoms with Crippen molar-refractivity contribution < 1.29 is 4.79 Å². The summed E-state index contributed by atoms with van der Waals surface area (Å²) in [6.07, 6.45) is 0.726. The van der Waals surface area contributed by atoms with Crippen LogP contribution in [0.2, 0.25) is 0 Å². The van der Waals surface area contributed by atoms with Gasteiger partial charge in [-0.05, 0) is 18.9 Å². The number of aromatic nitrogens is 4. The highest BCUT2D eigenvalue weighted by molar-refractivity contribution is 5.85. The molecule has 0 saturated carbocycles. The molecule has 0 aliphatic heterocycles. The van der Waals surface area contributed by atoms with Crippen LogP contribution in [0.15, 0.2) is 33.9 Å². The Balaban J connectivity index is 1.71. The maximum Gasteiger partial charge on any atom is 0.332 e. The lowest BCUT2D eigenvalue weighted by Crippen LogP contribution is -2.37. The van der Waals surface area contributed by atoms with Crippen molar-refractivity contribution in [3.05, 3.63) is 61.9 Å². The van der Waals surface area contributed by atoms with Crippen LogP contribution < -0.4 is 16.6 Å². The average molecular weight is 355 g/mol. The van der Waals surface area contributed by atoms with Gasteiger partial charge in [-0.25, -0.2) is 4.79 Å². The van der Waals surface area contributed by atoms with Gasteiger partial charge >= 0.3 is 5.69 Å². The Kier molecular flexibility index (Phi) is 4.75. The van der Waals surface area contributed by atoms with Gasteiger partial charge in [-0.2, -0.15) is 5.10 Å². The molecule has 0 spiro atoms. The maximum atomic E-state index is 12.3. The molecule has 0 atom stereocenters. The van der Waals surface area contributed by atoms with Gasteiger partial charge in [0, 0.05) is 20.6 Å². The number of aryl methyl sites for hydroxylation is 2. The Labute approximate surface area is 149 Å². The molecule has 3 aromatic rings. The molecule has 0 aliphatic carbocycles. The maximum absolute atomic E-state index is 12.3. The fourth-order valence-electron chi connectivity index (χ4n) is 2.86. The molecule has 2 aromatic heterocycles. The summed E-state index contributed by atoms with van der Waals surface area (Å²) in [5.41, 5.74) is 2.08. The summed E-state index contributed by atoms with van der Waals surface area (Å²) < 4.78 is 2.29. The fourth-order valence-corrected chi connectivity index (χ4v) is 2.86. The number of nitrogens with zero attached hydrogens (tertiary/aromatic N) is 3. The fraction of sp³-hybridized carbons (Fsp3) is 0.333. The number of aromatic amines is 1. The molecule has 8 nitrogen and oxygen atoms in total. The molecule has 136 valence electrons. The van der Waals surface area contributed by atoms with Gasteiger partial charge in [0.15, 0.2) is 5.65 Å². The zero-order valence-corrected chi connectivity index (χ0v) is 15.0. The number of benzene rings is 1. The normalized spacial score (nSPS) is 11.0. The van der Waals surface area contributed by atoms with E-state index < -0.39 is 11.2 Å². The molecule has 3 rings (SSSR count). The highest BCUT2D eigenvalue weighted by atomic mass is 16.2. The van der Waals surface area contributed by atoms with E-state index in [1.165, 1.54) is 24.2 Å². The first-order valence-corrected chi connectivity index (χ1v) is 8.33. The third-order valence-electron chi connectivity index (χ3n) is 4.43. The molecule has 0 unspecified atom stereocenters. The summed E-state index contributed by atoms with van der Waals surface area (Å²) in [7, 11) is 2.94. The number of carbonyl (C=O) groups is 1. The van der Waals surface area contributed by atoms with Crippen molar-refractivity contribution in [1.29, 1.82) is 0 Å². The molecule has 0 saturated heterocycles. The Bertz CT molecular complexity index is 1070. The van der Waals surface area contributed by atoms with Crippen LogP contribution in [0, 0.1) is 6.92 Å². The van der Waals surface area contributed by atoms with Gasteiger partial charge in [0.25, 0.3) is 5.56 Å². The monoisotopic (exact) mass is 355 g/mol. The van der Waals surface area contributed by atoms with Crippen molar-refractivity contribution in [1.82, 2.24) is 24.6 Å². The van der Waals surface area contributed by atoms with Crippen LogP contribution in [-0.4, -0.2) is 31.8 Å². The van der Waals surface area contributed by atoms with Crippen LogP contribution in [-0.2, 0) is 31.7 Å². The van der Waals surface area contributed by atoms with Crippen LogP contribution in [0.1, 0.15) is 16.8 Å². The predicted molar refractivity (Wildman–Crippen MR) is 98.2 cm³/mol. The number of hydrogen-bond donors (Lipinski definition) is 2. The highest BCUT2D eigenvalue weighted by Gasteiger charge is 2.17. The second kappa shape index (κ2) is 6.99. The van der Waals surface area contributed by atoms with E-state index in [4.69, 9.17) is 0 Å². The molecule has 8 heteroatoms. The molecule has 0 aliphatic rings. The number of hydrogen-bond acceptors (Lipinski definition) is 4. The van der Waals surface area contributed by atoms with Gasteiger partial charge in [-0.15, -0.1) is 0 Å². The minimum Gasteiger partial charge on any atom is -0.355 e. The van der Waals surface area contributed by atoms with Gasteiger partial charge in [-0.3, -0.25) is 23.8 Å². The van der Waals surface area contributed by atoms with Crippen LogP contribution in [0.25, 0.3) is 11.0 Å². The molecule has 0 bridgehead atoms. The second-order valence-electron chi connectivity index (χ2n) is 6.37. The lowest BCUT2D eigenvalue weighted by Gasteiger charge is -2.06. The van der Waals surface area contributed by atoms with Gasteiger partial charge in [0.1, 0.15) is 5.39 Å². The standard InChI is InChI=1S/C18H21N5O3/c1-11-4-6-12(7-5-11)8-9-19-14(24)10-13-15-16(21-20-13)22(2)18(26)23(3)17(15)25/h4-7H,8-10H2,1-3H3,(H,19,24)(H,20,21). The zero-order valence-electron chi connectivity index (χ0n) is 15.0. The predicted octanol–water partition coefficient (Wildman–Crippen LogP) is 0.170. The van der Waals surface area contributed by atoms with E-state index in [0.29, 0.717) is 12.2 Å². The minimum absolute atomic E-state index is 0.00214. The van der Waals surface area contributed by atoms with Crippen molar-refractivity contribution in [3.8, 4) is 0 Å². The van der Waals surface area contributed by atoms with E-state index in [0.717, 1.165) is 16.6 Å². The average Bonchev–Trinajstić information content (AvgIpc) is 3.03. The minimum atomic E-state index is -0.459. The molecular weight excluding hydrogens is 334 g/mol. The number of H-pyrrole nitrogens is 1. The number of carbonyl (C=O) groups excluding carboxylic acids is 1. The summed E-state index contributed by atoms with van der Waals surface area (Å²) in [6.45, 7) is 2.53. The number of rotatable bonds is 5. The lowest BCUT2D eigenvalue weighted by atomic mass is 10.1. The van der Waals surface area contributed by atoms with Crippen LogP contribution in [0.5, 0.6) is 0 Å². The topological polar surface area (TPSA) is 102 Å². The van der Waals surface area contributed by atoms with E-state index in [1.54, 1.807) is 0 Å². The number of amides is 1. The molecule has 26 heavy (non-hydrogen) atoms. The summed E-state index contributed by atoms with van der Waals surface area (Å²) in [5, 5.41) is 9.84. The van der Waals surface area contributed by atoms with Gasteiger partial charge in [-0.1, -0.05) is 29.8 Å². The second-order valence-corrected chi connectivity index (χ2v) is 6.37. The van der Waals surface area contributed by atoms with Crippen LogP contribution in [0.4, 0.5) is 0 Å². The van der Waals surface area contributed by atoms with E-state index in [-0.39, 0.29) is 23.4 Å². The summed E-state index contributed by atoms with van der Waals surface area (Å²) >= 11 is 0. The molecule has 1 aromatic carbocycles. The van der Waals surface area contributed by atoms with Crippen molar-refractivity contribution in [2.75, 3.05) is 6.54 Å². The van der Waals surface area contributed by atoms with Crippen LogP contribution in [0.3, 0.4) is 0 Å². The summed E-state index contributed by atoms with van der Waals surface area (Å²) in [6, 6.07) is 8.14. The first-order chi connectivity index (χ1) is 12.4. The largest absolute Gasteiger partial charge is 0.355 e. The number of nitrogens with one attached hydrogen (secondary N) is 2. The van der Waals surface area contributed by atoms with Crippen molar-refractivity contribution in [3.63, 3.8) is 0 Å². The van der Waals surface area contributed by atoms with Crippen molar-refractivity contribution in [2.45, 2.75) is 19.8 Å². The first-order valence-electron chi connectivity index (χ1n) is 8.33. The van der Waals surface area contributed by atoms with Crippen molar-refractivity contribution in [2.24, 2.45) is 14.1 Å². The molecule has 1 amide bonds. The molecule has 2 heterocycles. The van der Waals surface area contributed by atoms with E-state index in [2.05, 4.69) is 15.5 Å². The lowest BCUT2D eigenvalue weighted by molar-refractivity contribution is -0.120. The van der Waals surface area contributed by atoms with E-state index in [1.807, 2.05) is 31.2 Å². The third-order valence-corrected chi connectivity index (χ3v) is 4.43. The van der Waals surface area contributed by atoms with Gasteiger partial charge in [0.2, 0.25) is 5.91 Å². The van der Waals surface area contributed by atoms with E-state index in [9.17, 15) is 14.4 Å². The Morgan fingerprint density at radius 2 is 1.85 bits per heavy atom. The summed E-state index contributed by atoms with van der Waals surface area (Å²) in [4.78, 5) is 36.5. The van der Waals surface area contributed by atoms with Crippen molar-refractivity contribution >= 4 is 16.9 Å². The number of fused-ring (bicyclic) bond motifs is 1. The van der Waals surface area contributed by atoms with Crippen LogP contribution >= 0.6 is 0 Å². The zero-order chi connectivity index (χ0) is 18.8. The molecule has 2 N–H and O–H groups in total. The Morgan fingerprint density at radius 3 is 2.54 bits per heavy atom. The molecule has 0 fully saturated rings. The SMILES string of the molecule is Cc1ccc(CCNC(=O)Cc2[nH]nc3c2c(=O)n(C)c(=O)n3C)cc1. The molecular formula is C18H21N5O3. The first kappa shape index (κ1) is 17.7. The Hall–Kier alpha value is -3.16. The van der Waals surface area contributed by atoms with Gasteiger partial charge in [0.05, 0.1) is 12.1 Å². The van der Waals surface area contributed by atoms with E-state index >= 15 is 0 Å². The third kappa shape index (κ3) is 3.30. The highest BCUT2D eigenvalue weighted by Crippen LogP contribution is 2.10. The Morgan fingerprint density at radius 1 is 1.15 bits per heavy atom. The quantitative estimate of drug-likeness (QED) is 0.681. The smallest absolute Gasteiger partial charge is 0.332 e.